The molecule has 0 aromatic heterocycles. The predicted octanol–water partition coefficient (Wildman–Crippen LogP) is 4.17. The maximum atomic E-state index is 12.3. The molecule has 0 aliphatic heterocycles. The molecule has 126 valence electrons. The number of ether oxygens (including phenoxy) is 2. The molecule has 0 spiro atoms. The summed E-state index contributed by atoms with van der Waals surface area (Å²) >= 11 is 5.85. The van der Waals surface area contributed by atoms with Crippen LogP contribution in [0.2, 0.25) is 5.02 Å². The minimum Gasteiger partial charge on any atom is -0.493 e. The second kappa shape index (κ2) is 6.61. The van der Waals surface area contributed by atoms with Gasteiger partial charge in [0, 0.05) is 10.7 Å². The van der Waals surface area contributed by atoms with Crippen LogP contribution >= 0.6 is 11.6 Å². The van der Waals surface area contributed by atoms with Gasteiger partial charge in [-0.15, -0.1) is 0 Å². The molecular weight excluding hydrogens is 328 g/mol. The van der Waals surface area contributed by atoms with Crippen molar-refractivity contribution < 1.29 is 14.3 Å². The van der Waals surface area contributed by atoms with E-state index in [2.05, 4.69) is 10.6 Å². The average Bonchev–Trinajstić information content (AvgIpc) is 3.36. The van der Waals surface area contributed by atoms with Gasteiger partial charge in [0.05, 0.1) is 19.8 Å². The van der Waals surface area contributed by atoms with Gasteiger partial charge >= 0.3 is 6.03 Å². The van der Waals surface area contributed by atoms with E-state index in [1.807, 2.05) is 18.2 Å². The van der Waals surface area contributed by atoms with Crippen LogP contribution in [0.4, 0.5) is 10.5 Å². The first-order valence-electron chi connectivity index (χ1n) is 7.63. The van der Waals surface area contributed by atoms with Crippen LogP contribution in [0.5, 0.6) is 11.5 Å². The predicted molar refractivity (Wildman–Crippen MR) is 94.1 cm³/mol. The van der Waals surface area contributed by atoms with Crippen LogP contribution in [0.25, 0.3) is 0 Å². The quantitative estimate of drug-likeness (QED) is 0.854. The van der Waals surface area contributed by atoms with Gasteiger partial charge in [-0.05, 0) is 54.8 Å². The third kappa shape index (κ3) is 3.41. The zero-order valence-electron chi connectivity index (χ0n) is 13.6. The van der Waals surface area contributed by atoms with E-state index in [4.69, 9.17) is 21.1 Å². The molecule has 5 nitrogen and oxygen atoms in total. The zero-order valence-corrected chi connectivity index (χ0v) is 14.3. The van der Waals surface area contributed by atoms with Crippen LogP contribution in [0.15, 0.2) is 42.5 Å². The molecule has 0 unspecified atom stereocenters. The van der Waals surface area contributed by atoms with E-state index in [1.165, 1.54) is 0 Å². The van der Waals surface area contributed by atoms with Gasteiger partial charge < -0.3 is 20.1 Å². The Balaban J connectivity index is 1.72. The molecule has 1 aliphatic rings. The van der Waals surface area contributed by atoms with Crippen molar-refractivity contribution in [2.75, 3.05) is 19.5 Å². The summed E-state index contributed by atoms with van der Waals surface area (Å²) < 4.78 is 10.6. The summed E-state index contributed by atoms with van der Waals surface area (Å²) in [6.07, 6.45) is 1.77. The fraction of sp³-hybridized carbons (Fsp3) is 0.278. The Morgan fingerprint density at radius 3 is 2.29 bits per heavy atom. The molecule has 1 fully saturated rings. The van der Waals surface area contributed by atoms with Gasteiger partial charge in [0.1, 0.15) is 0 Å². The van der Waals surface area contributed by atoms with Gasteiger partial charge in [-0.25, -0.2) is 4.79 Å². The number of anilines is 1. The lowest BCUT2D eigenvalue weighted by Gasteiger charge is -2.20. The molecule has 0 heterocycles. The highest BCUT2D eigenvalue weighted by atomic mass is 35.5. The molecule has 3 rings (SSSR count). The van der Waals surface area contributed by atoms with E-state index >= 15 is 0 Å². The van der Waals surface area contributed by atoms with Crippen LogP contribution in [-0.4, -0.2) is 20.3 Å². The molecule has 1 aliphatic carbocycles. The van der Waals surface area contributed by atoms with Gasteiger partial charge in [0.2, 0.25) is 0 Å². The zero-order chi connectivity index (χ0) is 17.2. The fourth-order valence-corrected chi connectivity index (χ4v) is 2.78. The Hall–Kier alpha value is -2.40. The third-order valence-electron chi connectivity index (χ3n) is 4.14. The van der Waals surface area contributed by atoms with Crippen molar-refractivity contribution in [3.63, 3.8) is 0 Å². The number of nitrogens with one attached hydrogen (secondary N) is 2. The van der Waals surface area contributed by atoms with Gasteiger partial charge in [0.25, 0.3) is 0 Å². The highest BCUT2D eigenvalue weighted by Gasteiger charge is 2.46. The summed E-state index contributed by atoms with van der Waals surface area (Å²) in [5.74, 6) is 1.32. The Bertz CT molecular complexity index is 742. The first kappa shape index (κ1) is 16.5. The second-order valence-electron chi connectivity index (χ2n) is 5.74. The van der Waals surface area contributed by atoms with E-state index in [9.17, 15) is 4.79 Å². The Labute approximate surface area is 145 Å². The van der Waals surface area contributed by atoms with Gasteiger partial charge in [-0.3, -0.25) is 0 Å². The smallest absolute Gasteiger partial charge is 0.319 e. The molecule has 2 N–H and O–H groups in total. The van der Waals surface area contributed by atoms with E-state index < -0.39 is 0 Å². The molecule has 2 aromatic carbocycles. The molecule has 0 saturated heterocycles. The summed E-state index contributed by atoms with van der Waals surface area (Å²) in [4.78, 5) is 12.3. The van der Waals surface area contributed by atoms with Crippen LogP contribution in [-0.2, 0) is 5.54 Å². The number of urea groups is 1. The van der Waals surface area contributed by atoms with E-state index in [1.54, 1.807) is 38.5 Å². The van der Waals surface area contributed by atoms with E-state index in [-0.39, 0.29) is 11.6 Å². The minimum absolute atomic E-state index is 0.246. The number of hydrogen-bond donors (Lipinski definition) is 2. The first-order chi connectivity index (χ1) is 11.6. The minimum atomic E-state index is -0.351. The van der Waals surface area contributed by atoms with Gasteiger partial charge in [-0.1, -0.05) is 17.7 Å². The molecule has 1 saturated carbocycles. The summed E-state index contributed by atoms with van der Waals surface area (Å²) in [7, 11) is 3.20. The first-order valence-corrected chi connectivity index (χ1v) is 8.01. The van der Waals surface area contributed by atoms with E-state index in [0.717, 1.165) is 18.4 Å². The lowest BCUT2D eigenvalue weighted by molar-refractivity contribution is 0.247. The molecule has 24 heavy (non-hydrogen) atoms. The highest BCUT2D eigenvalue weighted by molar-refractivity contribution is 6.30. The van der Waals surface area contributed by atoms with Crippen LogP contribution in [0.3, 0.4) is 0 Å². The summed E-state index contributed by atoms with van der Waals surface area (Å²) in [5, 5.41) is 6.51. The molecule has 2 amide bonds. The number of halogens is 1. The van der Waals surface area contributed by atoms with Crippen molar-refractivity contribution in [1.29, 1.82) is 0 Å². The summed E-state index contributed by atoms with van der Waals surface area (Å²) in [6, 6.07) is 12.5. The standard InChI is InChI=1S/C18H19ClN2O3/c1-23-15-8-3-12(11-16(15)24-2)18(9-10-18)21-17(22)20-14-6-4-13(19)5-7-14/h3-8,11H,9-10H2,1-2H3,(H2,20,21,22). The number of hydrogen-bond acceptors (Lipinski definition) is 3. The second-order valence-corrected chi connectivity index (χ2v) is 6.17. The molecular formula is C18H19ClN2O3. The lowest BCUT2D eigenvalue weighted by Crippen LogP contribution is -2.38. The van der Waals surface area contributed by atoms with Crippen molar-refractivity contribution in [3.8, 4) is 11.5 Å². The fourth-order valence-electron chi connectivity index (χ4n) is 2.66. The normalized spacial score (nSPS) is 14.6. The van der Waals surface area contributed by atoms with Crippen LogP contribution < -0.4 is 20.1 Å². The lowest BCUT2D eigenvalue weighted by atomic mass is 10.0. The number of amides is 2. The number of rotatable bonds is 5. The van der Waals surface area contributed by atoms with Crippen molar-refractivity contribution in [1.82, 2.24) is 5.32 Å². The molecule has 0 radical (unpaired) electrons. The van der Waals surface area contributed by atoms with Crippen LogP contribution in [0, 0.1) is 0 Å². The molecule has 0 atom stereocenters. The van der Waals surface area contributed by atoms with Gasteiger partial charge in [-0.2, -0.15) is 0 Å². The summed E-state index contributed by atoms with van der Waals surface area (Å²) in [6.45, 7) is 0. The number of carbonyl (C=O) groups is 1. The van der Waals surface area contributed by atoms with Crippen molar-refractivity contribution >= 4 is 23.3 Å². The van der Waals surface area contributed by atoms with Crippen molar-refractivity contribution in [2.24, 2.45) is 0 Å². The molecule has 6 heteroatoms. The third-order valence-corrected chi connectivity index (χ3v) is 4.39. The maximum Gasteiger partial charge on any atom is 0.319 e. The number of carbonyl (C=O) groups excluding carboxylic acids is 1. The van der Waals surface area contributed by atoms with Gasteiger partial charge in [0.15, 0.2) is 11.5 Å². The molecule has 0 bridgehead atoms. The monoisotopic (exact) mass is 346 g/mol. The van der Waals surface area contributed by atoms with Crippen LogP contribution in [0.1, 0.15) is 18.4 Å². The largest absolute Gasteiger partial charge is 0.493 e. The molecule has 2 aromatic rings. The Morgan fingerprint density at radius 2 is 1.71 bits per heavy atom. The Morgan fingerprint density at radius 1 is 1.04 bits per heavy atom. The van der Waals surface area contributed by atoms with Crippen molar-refractivity contribution in [3.05, 3.63) is 53.1 Å². The topological polar surface area (TPSA) is 59.6 Å². The van der Waals surface area contributed by atoms with E-state index in [0.29, 0.717) is 22.2 Å². The average molecular weight is 347 g/mol. The summed E-state index contributed by atoms with van der Waals surface area (Å²) in [5.41, 5.74) is 1.35. The SMILES string of the molecule is COc1ccc(C2(NC(=O)Nc3ccc(Cl)cc3)CC2)cc1OC. The number of methoxy groups -OCH3 is 2. The Kier molecular flexibility index (Phi) is 4.53. The van der Waals surface area contributed by atoms with Crippen molar-refractivity contribution in [2.45, 2.75) is 18.4 Å². The maximum absolute atomic E-state index is 12.3. The number of benzene rings is 2. The highest BCUT2D eigenvalue weighted by Crippen LogP contribution is 2.47.